The van der Waals surface area contributed by atoms with Gasteiger partial charge < -0.3 is 19.8 Å². The number of amides is 2. The van der Waals surface area contributed by atoms with Crippen molar-refractivity contribution < 1.29 is 14.7 Å². The van der Waals surface area contributed by atoms with E-state index in [1.807, 2.05) is 42.1 Å². The molecule has 0 radical (unpaired) electrons. The molecule has 154 valence electrons. The number of rotatable bonds is 8. The summed E-state index contributed by atoms with van der Waals surface area (Å²) in [6.07, 6.45) is 3.59. The molecule has 2 amide bonds. The van der Waals surface area contributed by atoms with Crippen LogP contribution < -0.4 is 0 Å². The smallest absolute Gasteiger partial charge is 0.236 e. The summed E-state index contributed by atoms with van der Waals surface area (Å²) in [5, 5.41) is 9.93. The summed E-state index contributed by atoms with van der Waals surface area (Å²) in [6.45, 7) is 3.15. The van der Waals surface area contributed by atoms with Gasteiger partial charge in [-0.2, -0.15) is 0 Å². The van der Waals surface area contributed by atoms with Gasteiger partial charge in [0.2, 0.25) is 11.8 Å². The van der Waals surface area contributed by atoms with E-state index in [9.17, 15) is 14.7 Å². The molecule has 1 saturated carbocycles. The van der Waals surface area contributed by atoms with E-state index in [-0.39, 0.29) is 36.4 Å². The molecule has 3 atom stereocenters. The highest BCUT2D eigenvalue weighted by molar-refractivity contribution is 5.79. The van der Waals surface area contributed by atoms with E-state index in [0.29, 0.717) is 19.0 Å². The largest absolute Gasteiger partial charge is 0.394 e. The van der Waals surface area contributed by atoms with Crippen LogP contribution in [0, 0.1) is 5.92 Å². The monoisotopic (exact) mass is 387 g/mol. The standard InChI is InChI=1S/C22H33N3O3/c1-16(27)25-19(22(20(25)15-26)18-10-5-4-6-11-18)13-24(12-17-8-7-9-17)21(28)14-23(2)3/h4-6,10-11,17,19-20,22,26H,7-9,12-15H2,1-3H3/t19-,20-,22+/m1/s1. The second-order valence-corrected chi connectivity index (χ2v) is 8.51. The zero-order valence-electron chi connectivity index (χ0n) is 17.3. The topological polar surface area (TPSA) is 64.1 Å². The minimum absolute atomic E-state index is 0.0418. The predicted octanol–water partition coefficient (Wildman–Crippen LogP) is 1.55. The van der Waals surface area contributed by atoms with Crippen LogP contribution in [0.25, 0.3) is 0 Å². The lowest BCUT2D eigenvalue weighted by Crippen LogP contribution is -2.68. The molecule has 6 nitrogen and oxygen atoms in total. The summed E-state index contributed by atoms with van der Waals surface area (Å²) in [7, 11) is 3.80. The number of nitrogens with zero attached hydrogens (tertiary/aromatic N) is 3. The Kier molecular flexibility index (Phi) is 6.73. The lowest BCUT2D eigenvalue weighted by atomic mass is 9.74. The molecule has 2 aliphatic rings. The average Bonchev–Trinajstić information content (AvgIpc) is 2.58. The van der Waals surface area contributed by atoms with Gasteiger partial charge in [0, 0.05) is 25.9 Å². The van der Waals surface area contributed by atoms with E-state index in [2.05, 4.69) is 12.1 Å². The van der Waals surface area contributed by atoms with Crippen molar-refractivity contribution in [1.29, 1.82) is 0 Å². The Bertz CT molecular complexity index is 675. The Hall–Kier alpha value is -1.92. The molecule has 0 unspecified atom stereocenters. The maximum absolute atomic E-state index is 12.9. The molecule has 1 N–H and O–H groups in total. The molecule has 0 spiro atoms. The molecular formula is C22H33N3O3. The Morgan fingerprint density at radius 2 is 1.79 bits per heavy atom. The fourth-order valence-electron chi connectivity index (χ4n) is 4.60. The first-order chi connectivity index (χ1) is 13.4. The first-order valence-electron chi connectivity index (χ1n) is 10.3. The summed E-state index contributed by atoms with van der Waals surface area (Å²) in [5.74, 6) is 0.687. The van der Waals surface area contributed by atoms with E-state index >= 15 is 0 Å². The zero-order valence-corrected chi connectivity index (χ0v) is 17.3. The van der Waals surface area contributed by atoms with Crippen molar-refractivity contribution in [3.8, 4) is 0 Å². The van der Waals surface area contributed by atoms with Crippen LogP contribution in [-0.2, 0) is 9.59 Å². The van der Waals surface area contributed by atoms with Crippen molar-refractivity contribution in [2.45, 2.75) is 44.2 Å². The molecular weight excluding hydrogens is 354 g/mol. The van der Waals surface area contributed by atoms with Gasteiger partial charge in [0.25, 0.3) is 0 Å². The Labute approximate surface area is 168 Å². The lowest BCUT2D eigenvalue weighted by Gasteiger charge is -2.56. The van der Waals surface area contributed by atoms with Gasteiger partial charge >= 0.3 is 0 Å². The highest BCUT2D eigenvalue weighted by atomic mass is 16.3. The maximum atomic E-state index is 12.9. The van der Waals surface area contributed by atoms with Crippen LogP contribution in [0.5, 0.6) is 0 Å². The number of carbonyl (C=O) groups is 2. The summed E-state index contributed by atoms with van der Waals surface area (Å²) < 4.78 is 0. The van der Waals surface area contributed by atoms with Gasteiger partial charge in [-0.25, -0.2) is 0 Å². The van der Waals surface area contributed by atoms with Crippen molar-refractivity contribution in [1.82, 2.24) is 14.7 Å². The number of aliphatic hydroxyl groups excluding tert-OH is 1. The molecule has 0 bridgehead atoms. The van der Waals surface area contributed by atoms with Crippen LogP contribution in [0.4, 0.5) is 0 Å². The fourth-order valence-corrected chi connectivity index (χ4v) is 4.60. The third-order valence-electron chi connectivity index (χ3n) is 6.19. The van der Waals surface area contributed by atoms with E-state index in [4.69, 9.17) is 0 Å². The van der Waals surface area contributed by atoms with Gasteiger partial charge in [-0.3, -0.25) is 9.59 Å². The van der Waals surface area contributed by atoms with Crippen LogP contribution in [0.1, 0.15) is 37.7 Å². The summed E-state index contributed by atoms with van der Waals surface area (Å²) in [4.78, 5) is 30.8. The molecule has 28 heavy (non-hydrogen) atoms. The third-order valence-corrected chi connectivity index (χ3v) is 6.19. The summed E-state index contributed by atoms with van der Waals surface area (Å²) in [6, 6.07) is 9.73. The second kappa shape index (κ2) is 9.05. The Morgan fingerprint density at radius 3 is 2.29 bits per heavy atom. The van der Waals surface area contributed by atoms with Crippen LogP contribution in [0.15, 0.2) is 30.3 Å². The number of benzene rings is 1. The normalized spacial score (nSPS) is 24.6. The van der Waals surface area contributed by atoms with Crippen molar-refractivity contribution in [3.05, 3.63) is 35.9 Å². The number of aliphatic hydroxyl groups is 1. The van der Waals surface area contributed by atoms with Crippen LogP contribution in [0.3, 0.4) is 0 Å². The van der Waals surface area contributed by atoms with Crippen LogP contribution >= 0.6 is 0 Å². The zero-order chi connectivity index (χ0) is 20.3. The number of hydrogen-bond donors (Lipinski definition) is 1. The number of likely N-dealkylation sites (tertiary alicyclic amines) is 1. The SMILES string of the molecule is CC(=O)N1[C@H](CO)[C@@H](c2ccccc2)[C@H]1CN(CC1CCC1)C(=O)CN(C)C. The van der Waals surface area contributed by atoms with Gasteiger partial charge in [-0.15, -0.1) is 0 Å². The van der Waals surface area contributed by atoms with Gasteiger partial charge in [-0.05, 0) is 38.4 Å². The van der Waals surface area contributed by atoms with E-state index in [0.717, 1.165) is 12.1 Å². The first kappa shape index (κ1) is 20.8. The molecule has 2 fully saturated rings. The van der Waals surface area contributed by atoms with E-state index in [1.165, 1.54) is 19.3 Å². The minimum atomic E-state index is -0.223. The molecule has 1 aromatic carbocycles. The molecule has 1 saturated heterocycles. The number of carbonyl (C=O) groups excluding carboxylic acids is 2. The van der Waals surface area contributed by atoms with E-state index in [1.54, 1.807) is 11.8 Å². The molecule has 1 aliphatic heterocycles. The fraction of sp³-hybridized carbons (Fsp3) is 0.636. The molecule has 1 aliphatic carbocycles. The minimum Gasteiger partial charge on any atom is -0.394 e. The van der Waals surface area contributed by atoms with E-state index < -0.39 is 0 Å². The summed E-state index contributed by atoms with van der Waals surface area (Å²) in [5.41, 5.74) is 1.12. The molecule has 3 rings (SSSR count). The van der Waals surface area contributed by atoms with Gasteiger partial charge in [0.15, 0.2) is 0 Å². The highest BCUT2D eigenvalue weighted by Crippen LogP contribution is 2.41. The van der Waals surface area contributed by atoms with Crippen LogP contribution in [0.2, 0.25) is 0 Å². The second-order valence-electron chi connectivity index (χ2n) is 8.51. The summed E-state index contributed by atoms with van der Waals surface area (Å²) >= 11 is 0. The van der Waals surface area contributed by atoms with Gasteiger partial charge in [-0.1, -0.05) is 36.8 Å². The maximum Gasteiger partial charge on any atom is 0.236 e. The van der Waals surface area contributed by atoms with Gasteiger partial charge in [0.1, 0.15) is 0 Å². The average molecular weight is 388 g/mol. The number of hydrogen-bond acceptors (Lipinski definition) is 4. The van der Waals surface area contributed by atoms with Gasteiger partial charge in [0.05, 0.1) is 25.2 Å². The van der Waals surface area contributed by atoms with Crippen molar-refractivity contribution >= 4 is 11.8 Å². The Morgan fingerprint density at radius 1 is 1.11 bits per heavy atom. The molecule has 0 aromatic heterocycles. The highest BCUT2D eigenvalue weighted by Gasteiger charge is 2.51. The van der Waals surface area contributed by atoms with Crippen molar-refractivity contribution in [3.63, 3.8) is 0 Å². The van der Waals surface area contributed by atoms with Crippen molar-refractivity contribution in [2.24, 2.45) is 5.92 Å². The molecule has 1 aromatic rings. The number of likely N-dealkylation sites (N-methyl/N-ethyl adjacent to an activating group) is 1. The molecule has 6 heteroatoms. The van der Waals surface area contributed by atoms with Crippen LogP contribution in [-0.4, -0.2) is 84.0 Å². The first-order valence-corrected chi connectivity index (χ1v) is 10.3. The Balaban J connectivity index is 1.82. The third kappa shape index (κ3) is 4.39. The molecule has 1 heterocycles. The predicted molar refractivity (Wildman–Crippen MR) is 109 cm³/mol. The lowest BCUT2D eigenvalue weighted by molar-refractivity contribution is -0.153. The quantitative estimate of drug-likeness (QED) is 0.735. The van der Waals surface area contributed by atoms with Crippen molar-refractivity contribution in [2.75, 3.05) is 40.3 Å².